The molecule has 1 saturated carbocycles. The van der Waals surface area contributed by atoms with Gasteiger partial charge in [-0.25, -0.2) is 9.97 Å². The van der Waals surface area contributed by atoms with E-state index in [1.165, 1.54) is 12.8 Å². The molecular formula is C13H14BrN3. The molecule has 0 saturated heterocycles. The SMILES string of the molecule is Cc1nc2cccc(Br)c2nc1NC1(C)CC1. The van der Waals surface area contributed by atoms with Gasteiger partial charge in [0.15, 0.2) is 0 Å². The van der Waals surface area contributed by atoms with Crippen molar-refractivity contribution in [2.24, 2.45) is 0 Å². The molecule has 88 valence electrons. The minimum atomic E-state index is 0.231. The second-order valence-corrected chi connectivity index (χ2v) is 5.81. The van der Waals surface area contributed by atoms with E-state index < -0.39 is 0 Å². The van der Waals surface area contributed by atoms with Crippen molar-refractivity contribution in [2.45, 2.75) is 32.2 Å². The van der Waals surface area contributed by atoms with E-state index in [2.05, 4.69) is 38.1 Å². The van der Waals surface area contributed by atoms with Crippen LogP contribution in [0.25, 0.3) is 11.0 Å². The third-order valence-corrected chi connectivity index (χ3v) is 3.88. The molecule has 0 unspecified atom stereocenters. The second-order valence-electron chi connectivity index (χ2n) is 4.95. The molecule has 17 heavy (non-hydrogen) atoms. The number of aryl methyl sites for hydroxylation is 1. The maximum absolute atomic E-state index is 4.68. The molecule has 4 heteroatoms. The number of anilines is 1. The zero-order valence-corrected chi connectivity index (χ0v) is 11.5. The Morgan fingerprint density at radius 2 is 2.06 bits per heavy atom. The van der Waals surface area contributed by atoms with Crippen molar-refractivity contribution >= 4 is 32.8 Å². The van der Waals surface area contributed by atoms with Crippen LogP contribution in [0, 0.1) is 6.92 Å². The Morgan fingerprint density at radius 1 is 1.29 bits per heavy atom. The fourth-order valence-corrected chi connectivity index (χ4v) is 2.29. The molecule has 0 aliphatic heterocycles. The van der Waals surface area contributed by atoms with Gasteiger partial charge in [-0.05, 0) is 54.8 Å². The molecule has 3 nitrogen and oxygen atoms in total. The first-order chi connectivity index (χ1) is 8.07. The van der Waals surface area contributed by atoms with Crippen molar-refractivity contribution in [3.05, 3.63) is 28.4 Å². The monoisotopic (exact) mass is 291 g/mol. The first-order valence-electron chi connectivity index (χ1n) is 5.78. The third kappa shape index (κ3) is 2.02. The summed E-state index contributed by atoms with van der Waals surface area (Å²) in [6.07, 6.45) is 2.42. The largest absolute Gasteiger partial charge is 0.363 e. The number of benzene rings is 1. The van der Waals surface area contributed by atoms with Gasteiger partial charge in [-0.3, -0.25) is 0 Å². The molecule has 1 fully saturated rings. The van der Waals surface area contributed by atoms with Crippen LogP contribution in [0.3, 0.4) is 0 Å². The average molecular weight is 292 g/mol. The first kappa shape index (κ1) is 11.0. The molecule has 0 atom stereocenters. The van der Waals surface area contributed by atoms with Crippen LogP contribution in [-0.2, 0) is 0 Å². The summed E-state index contributed by atoms with van der Waals surface area (Å²) in [6, 6.07) is 5.97. The van der Waals surface area contributed by atoms with Gasteiger partial charge in [0, 0.05) is 10.0 Å². The highest BCUT2D eigenvalue weighted by molar-refractivity contribution is 9.10. The fourth-order valence-electron chi connectivity index (χ4n) is 1.85. The lowest BCUT2D eigenvalue weighted by atomic mass is 10.2. The number of halogens is 1. The Labute approximate surface area is 109 Å². The van der Waals surface area contributed by atoms with Crippen molar-refractivity contribution in [1.82, 2.24) is 9.97 Å². The molecule has 0 amide bonds. The molecule has 0 spiro atoms. The summed E-state index contributed by atoms with van der Waals surface area (Å²) in [5, 5.41) is 3.49. The van der Waals surface area contributed by atoms with E-state index in [1.54, 1.807) is 0 Å². The predicted molar refractivity (Wildman–Crippen MR) is 73.2 cm³/mol. The number of para-hydroxylation sites is 1. The standard InChI is InChI=1S/C13H14BrN3/c1-8-12(17-13(2)6-7-13)16-11-9(14)4-3-5-10(11)15-8/h3-5H,6-7H2,1-2H3,(H,16,17). The summed E-state index contributed by atoms with van der Waals surface area (Å²) in [6.45, 7) is 4.22. The van der Waals surface area contributed by atoms with Gasteiger partial charge < -0.3 is 5.32 Å². The van der Waals surface area contributed by atoms with Gasteiger partial charge in [0.1, 0.15) is 11.3 Å². The Balaban J connectivity index is 2.12. The number of rotatable bonds is 2. The van der Waals surface area contributed by atoms with E-state index >= 15 is 0 Å². The molecule has 0 radical (unpaired) electrons. The highest BCUT2D eigenvalue weighted by Crippen LogP contribution is 2.38. The van der Waals surface area contributed by atoms with Crippen LogP contribution in [0.1, 0.15) is 25.5 Å². The topological polar surface area (TPSA) is 37.8 Å². The Kier molecular flexibility index (Phi) is 2.36. The molecular weight excluding hydrogens is 278 g/mol. The zero-order valence-electron chi connectivity index (χ0n) is 9.92. The van der Waals surface area contributed by atoms with E-state index in [0.717, 1.165) is 27.0 Å². The third-order valence-electron chi connectivity index (χ3n) is 3.24. The number of aromatic nitrogens is 2. The smallest absolute Gasteiger partial charge is 0.148 e. The number of fused-ring (bicyclic) bond motifs is 1. The van der Waals surface area contributed by atoms with Crippen LogP contribution < -0.4 is 5.32 Å². The van der Waals surface area contributed by atoms with Crippen LogP contribution in [0.5, 0.6) is 0 Å². The maximum Gasteiger partial charge on any atom is 0.148 e. The van der Waals surface area contributed by atoms with Crippen molar-refractivity contribution in [2.75, 3.05) is 5.32 Å². The molecule has 1 aliphatic carbocycles. The fraction of sp³-hybridized carbons (Fsp3) is 0.385. The Morgan fingerprint density at radius 3 is 2.76 bits per heavy atom. The quantitative estimate of drug-likeness (QED) is 0.917. The Bertz CT molecular complexity index is 590. The zero-order chi connectivity index (χ0) is 12.0. The molecule has 1 heterocycles. The number of nitrogens with one attached hydrogen (secondary N) is 1. The molecule has 1 N–H and O–H groups in total. The van der Waals surface area contributed by atoms with Gasteiger partial charge in [-0.15, -0.1) is 0 Å². The minimum Gasteiger partial charge on any atom is -0.363 e. The van der Waals surface area contributed by atoms with Gasteiger partial charge in [-0.2, -0.15) is 0 Å². The van der Waals surface area contributed by atoms with Crippen LogP contribution >= 0.6 is 15.9 Å². The van der Waals surface area contributed by atoms with Gasteiger partial charge in [0.05, 0.1) is 11.2 Å². The van der Waals surface area contributed by atoms with Crippen molar-refractivity contribution in [3.8, 4) is 0 Å². The van der Waals surface area contributed by atoms with Crippen molar-refractivity contribution < 1.29 is 0 Å². The summed E-state index contributed by atoms with van der Waals surface area (Å²) in [5.74, 6) is 0.907. The van der Waals surface area contributed by atoms with E-state index in [4.69, 9.17) is 0 Å². The van der Waals surface area contributed by atoms with Gasteiger partial charge in [0.2, 0.25) is 0 Å². The summed E-state index contributed by atoms with van der Waals surface area (Å²) in [7, 11) is 0. The molecule has 1 aliphatic rings. The maximum atomic E-state index is 4.68. The number of hydrogen-bond donors (Lipinski definition) is 1. The number of hydrogen-bond acceptors (Lipinski definition) is 3. The van der Waals surface area contributed by atoms with Crippen LogP contribution in [0.15, 0.2) is 22.7 Å². The predicted octanol–water partition coefficient (Wildman–Crippen LogP) is 3.67. The van der Waals surface area contributed by atoms with E-state index in [-0.39, 0.29) is 5.54 Å². The highest BCUT2D eigenvalue weighted by Gasteiger charge is 2.37. The lowest BCUT2D eigenvalue weighted by molar-refractivity contribution is 0.817. The van der Waals surface area contributed by atoms with Crippen molar-refractivity contribution in [3.63, 3.8) is 0 Å². The summed E-state index contributed by atoms with van der Waals surface area (Å²) in [4.78, 5) is 9.27. The average Bonchev–Trinajstić information content (AvgIpc) is 2.99. The molecule has 3 rings (SSSR count). The number of nitrogens with zero attached hydrogens (tertiary/aromatic N) is 2. The van der Waals surface area contributed by atoms with Crippen LogP contribution in [-0.4, -0.2) is 15.5 Å². The lowest BCUT2D eigenvalue weighted by Gasteiger charge is -2.14. The van der Waals surface area contributed by atoms with Gasteiger partial charge in [-0.1, -0.05) is 6.07 Å². The van der Waals surface area contributed by atoms with Crippen LogP contribution in [0.4, 0.5) is 5.82 Å². The van der Waals surface area contributed by atoms with Gasteiger partial charge >= 0.3 is 0 Å². The highest BCUT2D eigenvalue weighted by atomic mass is 79.9. The normalized spacial score (nSPS) is 17.1. The summed E-state index contributed by atoms with van der Waals surface area (Å²) < 4.78 is 0.992. The van der Waals surface area contributed by atoms with E-state index in [1.807, 2.05) is 25.1 Å². The minimum absolute atomic E-state index is 0.231. The van der Waals surface area contributed by atoms with Gasteiger partial charge in [0.25, 0.3) is 0 Å². The first-order valence-corrected chi connectivity index (χ1v) is 6.58. The second kappa shape index (κ2) is 3.67. The summed E-state index contributed by atoms with van der Waals surface area (Å²) >= 11 is 3.52. The van der Waals surface area contributed by atoms with Crippen LogP contribution in [0.2, 0.25) is 0 Å². The molecule has 1 aromatic carbocycles. The van der Waals surface area contributed by atoms with E-state index in [0.29, 0.717) is 0 Å². The lowest BCUT2D eigenvalue weighted by Crippen LogP contribution is -2.18. The molecule has 2 aromatic rings. The summed E-state index contributed by atoms with van der Waals surface area (Å²) in [5.41, 5.74) is 3.05. The molecule has 0 bridgehead atoms. The van der Waals surface area contributed by atoms with E-state index in [9.17, 15) is 0 Å². The Hall–Kier alpha value is -1.16. The van der Waals surface area contributed by atoms with Crippen molar-refractivity contribution in [1.29, 1.82) is 0 Å². The molecule has 1 aromatic heterocycles.